The number of hydrogen-bond donors (Lipinski definition) is 1. The van der Waals surface area contributed by atoms with Gasteiger partial charge in [-0.1, -0.05) is 27.7 Å². The number of nitrogens with two attached hydrogens (primary N) is 1. The third kappa shape index (κ3) is 7.93. The summed E-state index contributed by atoms with van der Waals surface area (Å²) in [7, 11) is 0. The molecule has 134 valence electrons. The number of halogens is 1. The second-order valence-electron chi connectivity index (χ2n) is 4.93. The van der Waals surface area contributed by atoms with Crippen LogP contribution in [0.1, 0.15) is 39.5 Å². The second-order valence-corrected chi connectivity index (χ2v) is 7.29. The summed E-state index contributed by atoms with van der Waals surface area (Å²) in [5, 5.41) is 0. The fraction of sp³-hybridized carbons (Fsp3) is 0.444. The van der Waals surface area contributed by atoms with E-state index in [1.807, 2.05) is 32.9 Å². The Hall–Kier alpha value is -1.40. The van der Waals surface area contributed by atoms with Gasteiger partial charge in [0, 0.05) is 10.4 Å². The van der Waals surface area contributed by atoms with Gasteiger partial charge in [0.25, 0.3) is 0 Å². The highest BCUT2D eigenvalue weighted by molar-refractivity contribution is 9.11. The van der Waals surface area contributed by atoms with E-state index in [-0.39, 0.29) is 6.41 Å². The minimum Gasteiger partial charge on any atom is -0.494 e. The maximum absolute atomic E-state index is 8.58. The van der Waals surface area contributed by atoms with Crippen molar-refractivity contribution in [2.45, 2.75) is 41.0 Å². The van der Waals surface area contributed by atoms with Gasteiger partial charge in [0.1, 0.15) is 5.75 Å². The number of hydrogen-bond acceptors (Lipinski definition) is 4. The number of carbonyl (C=O) groups excluding carboxylic acids is 1. The van der Waals surface area contributed by atoms with Crippen LogP contribution in [-0.4, -0.2) is 18.0 Å². The van der Waals surface area contributed by atoms with Crippen LogP contribution in [0.15, 0.2) is 28.2 Å². The Morgan fingerprint density at radius 1 is 1.29 bits per heavy atom. The highest BCUT2D eigenvalue weighted by Crippen LogP contribution is 2.33. The molecule has 0 spiro atoms. The molecule has 2 N–H and O–H groups in total. The van der Waals surface area contributed by atoms with Gasteiger partial charge >= 0.3 is 0 Å². The first-order valence-electron chi connectivity index (χ1n) is 8.05. The Kier molecular flexibility index (Phi) is 12.2. The van der Waals surface area contributed by atoms with Gasteiger partial charge in [-0.15, -0.1) is 11.3 Å². The van der Waals surface area contributed by atoms with Crippen LogP contribution in [0, 0.1) is 5.92 Å². The lowest BCUT2D eigenvalue weighted by atomic mass is 10.0. The summed E-state index contributed by atoms with van der Waals surface area (Å²) in [5.74, 6) is 1.54. The van der Waals surface area contributed by atoms with E-state index in [1.165, 1.54) is 4.88 Å². The van der Waals surface area contributed by atoms with Crippen LogP contribution in [0.4, 0.5) is 0 Å². The molecule has 6 heteroatoms. The van der Waals surface area contributed by atoms with Gasteiger partial charge < -0.3 is 10.5 Å². The van der Waals surface area contributed by atoms with Gasteiger partial charge in [0.2, 0.25) is 6.41 Å². The topological polar surface area (TPSA) is 65.2 Å². The Labute approximate surface area is 157 Å². The third-order valence-corrected chi connectivity index (χ3v) is 4.23. The molecule has 0 bridgehead atoms. The first-order valence-corrected chi connectivity index (χ1v) is 9.66. The van der Waals surface area contributed by atoms with Crippen molar-refractivity contribution in [3.63, 3.8) is 0 Å². The summed E-state index contributed by atoms with van der Waals surface area (Å²) < 4.78 is 6.42. The predicted molar refractivity (Wildman–Crippen MR) is 107 cm³/mol. The third-order valence-electron chi connectivity index (χ3n) is 2.70. The van der Waals surface area contributed by atoms with E-state index in [9.17, 15) is 0 Å². The summed E-state index contributed by atoms with van der Waals surface area (Å²) in [4.78, 5) is 14.5. The van der Waals surface area contributed by atoms with E-state index in [2.05, 4.69) is 52.6 Å². The lowest BCUT2D eigenvalue weighted by Crippen LogP contribution is -1.94. The van der Waals surface area contributed by atoms with E-state index < -0.39 is 0 Å². The molecule has 4 nitrogen and oxygen atoms in total. The van der Waals surface area contributed by atoms with Crippen molar-refractivity contribution in [2.24, 2.45) is 11.7 Å². The molecule has 0 saturated carbocycles. The number of ether oxygens (including phenoxy) is 1. The van der Waals surface area contributed by atoms with Crippen LogP contribution in [0.3, 0.4) is 0 Å². The lowest BCUT2D eigenvalue weighted by molar-refractivity contribution is -0.106. The molecular formula is C18H27BrN2O2S. The van der Waals surface area contributed by atoms with Crippen LogP contribution < -0.4 is 10.5 Å². The molecule has 0 aliphatic heterocycles. The number of aromatic nitrogens is 1. The highest BCUT2D eigenvalue weighted by Gasteiger charge is 2.13. The van der Waals surface area contributed by atoms with Crippen molar-refractivity contribution in [3.8, 4) is 17.0 Å². The summed E-state index contributed by atoms with van der Waals surface area (Å²) in [6, 6.07) is 8.17. The Bertz CT molecular complexity index is 583. The molecule has 1 heterocycles. The van der Waals surface area contributed by atoms with Gasteiger partial charge in [0.05, 0.1) is 12.3 Å². The van der Waals surface area contributed by atoms with Crippen molar-refractivity contribution in [1.82, 2.24) is 4.98 Å². The fourth-order valence-electron chi connectivity index (χ4n) is 1.93. The smallest absolute Gasteiger partial charge is 0.204 e. The van der Waals surface area contributed by atoms with Crippen LogP contribution in [-0.2, 0) is 11.2 Å². The standard InChI is InChI=1S/C15H18BrNOS.C2H6.CH3NO/c1-4-18-12-7-5-11(6-8-12)14-13(9-10(2)3)19-15(16)17-14;1-2;2-1-3/h5-8,10H,4,9H2,1-3H3;1-2H3;1H,(H2,2,3). The zero-order valence-electron chi connectivity index (χ0n) is 15.0. The molecule has 0 aliphatic carbocycles. The second kappa shape index (κ2) is 13.0. The van der Waals surface area contributed by atoms with Gasteiger partial charge in [-0.25, -0.2) is 4.98 Å². The number of carbonyl (C=O) groups is 1. The summed E-state index contributed by atoms with van der Waals surface area (Å²) in [5.41, 5.74) is 6.41. The molecule has 0 saturated heterocycles. The Balaban J connectivity index is 0.000000952. The van der Waals surface area contributed by atoms with E-state index in [1.54, 1.807) is 11.3 Å². The van der Waals surface area contributed by atoms with Crippen molar-refractivity contribution in [2.75, 3.05) is 6.61 Å². The quantitative estimate of drug-likeness (QED) is 0.674. The SMILES string of the molecule is CC.CCOc1ccc(-c2nc(Br)sc2CC(C)C)cc1.NC=O. The number of nitrogens with zero attached hydrogens (tertiary/aromatic N) is 1. The minimum absolute atomic E-state index is 0.250. The number of benzene rings is 1. The monoisotopic (exact) mass is 414 g/mol. The minimum atomic E-state index is 0.250. The summed E-state index contributed by atoms with van der Waals surface area (Å²) in [6.45, 7) is 11.2. The van der Waals surface area contributed by atoms with E-state index in [0.717, 1.165) is 27.3 Å². The molecule has 1 aromatic carbocycles. The highest BCUT2D eigenvalue weighted by atomic mass is 79.9. The van der Waals surface area contributed by atoms with Gasteiger partial charge in [0.15, 0.2) is 3.92 Å². The van der Waals surface area contributed by atoms with E-state index in [4.69, 9.17) is 9.53 Å². The molecule has 2 aromatic rings. The summed E-state index contributed by atoms with van der Waals surface area (Å²) in [6.07, 6.45) is 1.31. The zero-order valence-corrected chi connectivity index (χ0v) is 17.4. The average Bonchev–Trinajstić information content (AvgIpc) is 2.91. The molecule has 1 amide bonds. The van der Waals surface area contributed by atoms with Crippen LogP contribution in [0.25, 0.3) is 11.3 Å². The zero-order chi connectivity index (χ0) is 18.5. The molecule has 1 aromatic heterocycles. The number of rotatable bonds is 5. The van der Waals surface area contributed by atoms with Crippen molar-refractivity contribution in [3.05, 3.63) is 33.1 Å². The van der Waals surface area contributed by atoms with Crippen LogP contribution in [0.5, 0.6) is 5.75 Å². The molecule has 0 radical (unpaired) electrons. The molecule has 0 fully saturated rings. The normalized spacial score (nSPS) is 9.46. The Morgan fingerprint density at radius 3 is 2.29 bits per heavy atom. The molecule has 0 unspecified atom stereocenters. The molecule has 24 heavy (non-hydrogen) atoms. The lowest BCUT2D eigenvalue weighted by Gasteiger charge is -2.06. The molecular weight excluding hydrogens is 388 g/mol. The summed E-state index contributed by atoms with van der Waals surface area (Å²) >= 11 is 5.22. The maximum Gasteiger partial charge on any atom is 0.204 e. The Morgan fingerprint density at radius 2 is 1.83 bits per heavy atom. The first kappa shape index (κ1) is 22.6. The van der Waals surface area contributed by atoms with Crippen LogP contribution >= 0.6 is 27.3 Å². The average molecular weight is 415 g/mol. The van der Waals surface area contributed by atoms with Crippen LogP contribution in [0.2, 0.25) is 0 Å². The fourth-order valence-corrected chi connectivity index (χ4v) is 3.71. The molecule has 2 rings (SSSR count). The van der Waals surface area contributed by atoms with Gasteiger partial charge in [-0.2, -0.15) is 0 Å². The number of thiazole rings is 1. The molecule has 0 aliphatic rings. The maximum atomic E-state index is 8.58. The van der Waals surface area contributed by atoms with E-state index in [0.29, 0.717) is 12.5 Å². The van der Waals surface area contributed by atoms with Gasteiger partial charge in [-0.3, -0.25) is 4.79 Å². The van der Waals surface area contributed by atoms with E-state index >= 15 is 0 Å². The molecule has 0 atom stereocenters. The predicted octanol–water partition coefficient (Wildman–Crippen LogP) is 5.30. The van der Waals surface area contributed by atoms with Crippen molar-refractivity contribution >= 4 is 33.7 Å². The number of amides is 1. The number of primary amides is 1. The van der Waals surface area contributed by atoms with Crippen molar-refractivity contribution < 1.29 is 9.53 Å². The largest absolute Gasteiger partial charge is 0.494 e. The first-order chi connectivity index (χ1) is 11.5. The van der Waals surface area contributed by atoms with Gasteiger partial charge in [-0.05, 0) is 59.5 Å². The van der Waals surface area contributed by atoms with Crippen molar-refractivity contribution in [1.29, 1.82) is 0 Å².